The molecule has 0 aromatic carbocycles. The van der Waals surface area contributed by atoms with E-state index >= 15 is 0 Å². The van der Waals surface area contributed by atoms with Crippen molar-refractivity contribution in [2.24, 2.45) is 0 Å². The molecular formula is C13H20BrN3. The van der Waals surface area contributed by atoms with Crippen LogP contribution in [0.15, 0.2) is 22.9 Å². The molecule has 1 aliphatic heterocycles. The normalized spacial score (nSPS) is 19.2. The molecule has 1 saturated heterocycles. The average Bonchev–Trinajstić information content (AvgIpc) is 2.37. The molecule has 0 aliphatic carbocycles. The Balaban J connectivity index is 2.15. The molecule has 1 aromatic heterocycles. The highest BCUT2D eigenvalue weighted by molar-refractivity contribution is 9.10. The Bertz CT molecular complexity index is 350. The first-order valence-electron chi connectivity index (χ1n) is 6.36. The molecule has 17 heavy (non-hydrogen) atoms. The van der Waals surface area contributed by atoms with Gasteiger partial charge in [0.1, 0.15) is 0 Å². The third kappa shape index (κ3) is 3.50. The van der Waals surface area contributed by atoms with Gasteiger partial charge in [-0.1, -0.05) is 13.3 Å². The largest absolute Gasteiger partial charge is 0.314 e. The predicted molar refractivity (Wildman–Crippen MR) is 74.0 cm³/mol. The Morgan fingerprint density at radius 1 is 1.41 bits per heavy atom. The minimum absolute atomic E-state index is 0.520. The molecule has 0 saturated carbocycles. The molecule has 4 heteroatoms. The van der Waals surface area contributed by atoms with Gasteiger partial charge in [-0.05, 0) is 34.0 Å². The van der Waals surface area contributed by atoms with Gasteiger partial charge in [0.2, 0.25) is 0 Å². The van der Waals surface area contributed by atoms with E-state index in [1.165, 1.54) is 18.4 Å². The minimum Gasteiger partial charge on any atom is -0.314 e. The summed E-state index contributed by atoms with van der Waals surface area (Å²) in [6, 6.07) is 2.72. The van der Waals surface area contributed by atoms with E-state index in [-0.39, 0.29) is 0 Å². The molecule has 0 amide bonds. The van der Waals surface area contributed by atoms with Gasteiger partial charge >= 0.3 is 0 Å². The SMILES string of the molecule is CCC[C@@H](c1cncc(Br)c1)N1CCNCC1. The first-order chi connectivity index (χ1) is 8.31. The highest BCUT2D eigenvalue weighted by Gasteiger charge is 2.21. The third-order valence-electron chi connectivity index (χ3n) is 3.27. The van der Waals surface area contributed by atoms with Crippen LogP contribution in [0.4, 0.5) is 0 Å². The monoisotopic (exact) mass is 297 g/mol. The molecule has 2 rings (SSSR count). The Morgan fingerprint density at radius 2 is 2.18 bits per heavy atom. The maximum Gasteiger partial charge on any atom is 0.0410 e. The summed E-state index contributed by atoms with van der Waals surface area (Å²) in [6.07, 6.45) is 6.27. The summed E-state index contributed by atoms with van der Waals surface area (Å²) in [5, 5.41) is 3.41. The molecule has 1 fully saturated rings. The number of nitrogens with zero attached hydrogens (tertiary/aromatic N) is 2. The van der Waals surface area contributed by atoms with Crippen molar-refractivity contribution >= 4 is 15.9 Å². The van der Waals surface area contributed by atoms with Crippen LogP contribution >= 0.6 is 15.9 Å². The highest BCUT2D eigenvalue weighted by Crippen LogP contribution is 2.27. The number of nitrogens with one attached hydrogen (secondary N) is 1. The summed E-state index contributed by atoms with van der Waals surface area (Å²) >= 11 is 3.51. The molecule has 1 N–H and O–H groups in total. The van der Waals surface area contributed by atoms with Crippen LogP contribution in [0.25, 0.3) is 0 Å². The zero-order valence-electron chi connectivity index (χ0n) is 10.3. The van der Waals surface area contributed by atoms with Crippen molar-refractivity contribution in [3.63, 3.8) is 0 Å². The lowest BCUT2D eigenvalue weighted by Crippen LogP contribution is -2.45. The molecule has 1 atom stereocenters. The Hall–Kier alpha value is -0.450. The smallest absolute Gasteiger partial charge is 0.0410 e. The number of aromatic nitrogens is 1. The molecule has 0 radical (unpaired) electrons. The maximum absolute atomic E-state index is 4.29. The summed E-state index contributed by atoms with van der Waals surface area (Å²) in [4.78, 5) is 6.87. The number of halogens is 1. The topological polar surface area (TPSA) is 28.2 Å². The van der Waals surface area contributed by atoms with Crippen molar-refractivity contribution in [3.05, 3.63) is 28.5 Å². The predicted octanol–water partition coefficient (Wildman–Crippen LogP) is 2.59. The van der Waals surface area contributed by atoms with Gasteiger partial charge in [0.15, 0.2) is 0 Å². The summed E-state index contributed by atoms with van der Waals surface area (Å²) < 4.78 is 1.08. The zero-order chi connectivity index (χ0) is 12.1. The molecule has 2 heterocycles. The van der Waals surface area contributed by atoms with Crippen molar-refractivity contribution in [1.82, 2.24) is 15.2 Å². The van der Waals surface area contributed by atoms with Crippen LogP contribution < -0.4 is 5.32 Å². The number of piperazine rings is 1. The van der Waals surface area contributed by atoms with Crippen molar-refractivity contribution < 1.29 is 0 Å². The second kappa shape index (κ2) is 6.47. The molecule has 0 unspecified atom stereocenters. The molecule has 0 bridgehead atoms. The lowest BCUT2D eigenvalue weighted by Gasteiger charge is -2.35. The average molecular weight is 298 g/mol. The number of hydrogen-bond acceptors (Lipinski definition) is 3. The quantitative estimate of drug-likeness (QED) is 0.926. The lowest BCUT2D eigenvalue weighted by atomic mass is 10.0. The zero-order valence-corrected chi connectivity index (χ0v) is 11.9. The maximum atomic E-state index is 4.29. The van der Waals surface area contributed by atoms with Crippen LogP contribution in [-0.2, 0) is 0 Å². The van der Waals surface area contributed by atoms with Crippen LogP contribution in [0.2, 0.25) is 0 Å². The first kappa shape index (κ1) is 13.0. The summed E-state index contributed by atoms with van der Waals surface area (Å²) in [7, 11) is 0. The van der Waals surface area contributed by atoms with Gasteiger partial charge in [-0.15, -0.1) is 0 Å². The van der Waals surface area contributed by atoms with Crippen molar-refractivity contribution in [2.75, 3.05) is 26.2 Å². The number of hydrogen-bond donors (Lipinski definition) is 1. The van der Waals surface area contributed by atoms with E-state index in [9.17, 15) is 0 Å². The van der Waals surface area contributed by atoms with E-state index < -0.39 is 0 Å². The van der Waals surface area contributed by atoms with Gasteiger partial charge < -0.3 is 5.32 Å². The van der Waals surface area contributed by atoms with Gasteiger partial charge in [-0.2, -0.15) is 0 Å². The molecule has 94 valence electrons. The van der Waals surface area contributed by atoms with Gasteiger partial charge in [-0.3, -0.25) is 9.88 Å². The van der Waals surface area contributed by atoms with Gasteiger partial charge in [-0.25, -0.2) is 0 Å². The summed E-state index contributed by atoms with van der Waals surface area (Å²) in [5.74, 6) is 0. The molecule has 3 nitrogen and oxygen atoms in total. The second-order valence-electron chi connectivity index (χ2n) is 4.53. The van der Waals surface area contributed by atoms with E-state index in [0.29, 0.717) is 6.04 Å². The van der Waals surface area contributed by atoms with Gasteiger partial charge in [0.05, 0.1) is 0 Å². The standard InChI is InChI=1S/C13H20BrN3/c1-2-3-13(17-6-4-15-5-7-17)11-8-12(14)10-16-9-11/h8-10,13,15H,2-7H2,1H3/t13-/m0/s1. The van der Waals surface area contributed by atoms with Crippen LogP contribution in [0.1, 0.15) is 31.4 Å². The fourth-order valence-corrected chi connectivity index (χ4v) is 2.82. The van der Waals surface area contributed by atoms with Crippen LogP contribution in [0.3, 0.4) is 0 Å². The second-order valence-corrected chi connectivity index (χ2v) is 5.44. The van der Waals surface area contributed by atoms with Gasteiger partial charge in [0.25, 0.3) is 0 Å². The number of pyridine rings is 1. The van der Waals surface area contributed by atoms with Crippen molar-refractivity contribution in [2.45, 2.75) is 25.8 Å². The van der Waals surface area contributed by atoms with Crippen LogP contribution in [-0.4, -0.2) is 36.1 Å². The molecule has 1 aliphatic rings. The van der Waals surface area contributed by atoms with Crippen molar-refractivity contribution in [1.29, 1.82) is 0 Å². The fraction of sp³-hybridized carbons (Fsp3) is 0.615. The van der Waals surface area contributed by atoms with Crippen molar-refractivity contribution in [3.8, 4) is 0 Å². The van der Waals surface area contributed by atoms with E-state index in [0.717, 1.165) is 30.7 Å². The van der Waals surface area contributed by atoms with Crippen LogP contribution in [0.5, 0.6) is 0 Å². The Morgan fingerprint density at radius 3 is 2.82 bits per heavy atom. The minimum atomic E-state index is 0.520. The summed E-state index contributed by atoms with van der Waals surface area (Å²) in [6.45, 7) is 6.72. The first-order valence-corrected chi connectivity index (χ1v) is 7.15. The van der Waals surface area contributed by atoms with E-state index in [1.807, 2.05) is 12.4 Å². The Kier molecular flexibility index (Phi) is 4.95. The molecular weight excluding hydrogens is 278 g/mol. The molecule has 1 aromatic rings. The fourth-order valence-electron chi connectivity index (χ4n) is 2.44. The van der Waals surface area contributed by atoms with E-state index in [1.54, 1.807) is 0 Å². The Labute approximate surface area is 112 Å². The van der Waals surface area contributed by atoms with Crippen LogP contribution in [0, 0.1) is 0 Å². The third-order valence-corrected chi connectivity index (χ3v) is 3.70. The van der Waals surface area contributed by atoms with Gasteiger partial charge in [0, 0.05) is 49.1 Å². The van der Waals surface area contributed by atoms with E-state index in [2.05, 4.69) is 44.1 Å². The highest BCUT2D eigenvalue weighted by atomic mass is 79.9. The molecule has 0 spiro atoms. The van der Waals surface area contributed by atoms with E-state index in [4.69, 9.17) is 0 Å². The number of rotatable bonds is 4. The summed E-state index contributed by atoms with van der Waals surface area (Å²) in [5.41, 5.74) is 1.34. The lowest BCUT2D eigenvalue weighted by molar-refractivity contribution is 0.164.